The topological polar surface area (TPSA) is 311 Å². The molecule has 29 heteroatoms. The number of hydrogen-bond acceptors (Lipinski definition) is 20. The molecule has 6 rings (SSSR count). The number of nitrogens with one attached hydrogen (secondary N) is 4. The van der Waals surface area contributed by atoms with Gasteiger partial charge in [-0.25, -0.2) is 22.8 Å². The van der Waals surface area contributed by atoms with Gasteiger partial charge in [-0.3, -0.25) is 38.4 Å². The van der Waals surface area contributed by atoms with Crippen molar-refractivity contribution < 1.29 is 117 Å². The summed E-state index contributed by atoms with van der Waals surface area (Å²) >= 11 is 0. The first kappa shape index (κ1) is 60.9. The maximum Gasteiger partial charge on any atom is 0.407 e. The van der Waals surface area contributed by atoms with E-state index in [1.807, 2.05) is 17.4 Å². The van der Waals surface area contributed by atoms with E-state index in [1.54, 1.807) is 36.4 Å². The van der Waals surface area contributed by atoms with Gasteiger partial charge in [0.1, 0.15) is 56.3 Å². The number of rotatable bonds is 19. The van der Waals surface area contributed by atoms with Gasteiger partial charge in [-0.15, -0.1) is 0 Å². The van der Waals surface area contributed by atoms with Gasteiger partial charge in [0.25, 0.3) is 0 Å². The fourth-order valence-electron chi connectivity index (χ4n) is 9.07. The first-order chi connectivity index (χ1) is 37.7. The number of alkyl carbamates (subject to hydrolysis) is 1. The van der Waals surface area contributed by atoms with Crippen LogP contribution in [-0.2, 0) is 85.8 Å². The maximum atomic E-state index is 14.9. The molecule has 432 valence electrons. The summed E-state index contributed by atoms with van der Waals surface area (Å²) in [5.74, 6) is -25.6. The van der Waals surface area contributed by atoms with Crippen LogP contribution in [0.15, 0.2) is 48.5 Å². The molecular formula is C51H53F5N4O20. The van der Waals surface area contributed by atoms with E-state index in [0.717, 1.165) is 70.7 Å². The lowest BCUT2D eigenvalue weighted by atomic mass is 9.93. The molecule has 11 atom stereocenters. The van der Waals surface area contributed by atoms with Crippen molar-refractivity contribution in [2.45, 2.75) is 128 Å². The Bertz CT molecular complexity index is 2840. The van der Waals surface area contributed by atoms with Crippen LogP contribution in [0.25, 0.3) is 11.1 Å². The first-order valence-corrected chi connectivity index (χ1v) is 24.2. The van der Waals surface area contributed by atoms with Crippen molar-refractivity contribution >= 4 is 59.6 Å². The zero-order valence-electron chi connectivity index (χ0n) is 43.4. The Hall–Kier alpha value is -8.31. The van der Waals surface area contributed by atoms with Gasteiger partial charge in [0.2, 0.25) is 52.6 Å². The van der Waals surface area contributed by atoms with Crippen LogP contribution < -0.4 is 26.0 Å². The van der Waals surface area contributed by atoms with Crippen LogP contribution in [0.3, 0.4) is 0 Å². The van der Waals surface area contributed by atoms with E-state index in [1.165, 1.54) is 0 Å². The van der Waals surface area contributed by atoms with Crippen LogP contribution in [0.2, 0.25) is 0 Å². The second-order valence-corrected chi connectivity index (χ2v) is 18.1. The van der Waals surface area contributed by atoms with Gasteiger partial charge < -0.3 is 68.6 Å². The average molecular weight is 1140 g/mol. The largest absolute Gasteiger partial charge is 0.463 e. The number of ether oxygens (including phenoxy) is 10. The number of benzene rings is 3. The van der Waals surface area contributed by atoms with Gasteiger partial charge in [0, 0.05) is 54.4 Å². The highest BCUT2D eigenvalue weighted by molar-refractivity contribution is 5.89. The Kier molecular flexibility index (Phi) is 20.2. The Morgan fingerprint density at radius 3 is 1.49 bits per heavy atom. The number of esters is 6. The Balaban J connectivity index is 1.35. The zero-order chi connectivity index (χ0) is 58.9. The molecule has 1 aliphatic carbocycles. The van der Waals surface area contributed by atoms with Gasteiger partial charge >= 0.3 is 41.9 Å². The van der Waals surface area contributed by atoms with Crippen LogP contribution in [0.5, 0.6) is 5.75 Å². The van der Waals surface area contributed by atoms with Crippen molar-refractivity contribution in [3.05, 3.63) is 88.7 Å². The monoisotopic (exact) mass is 1140 g/mol. The highest BCUT2D eigenvalue weighted by Gasteiger charge is 2.56. The Morgan fingerprint density at radius 1 is 0.525 bits per heavy atom. The van der Waals surface area contributed by atoms with E-state index in [9.17, 15) is 69.9 Å². The van der Waals surface area contributed by atoms with Crippen LogP contribution in [0.1, 0.15) is 71.9 Å². The van der Waals surface area contributed by atoms with E-state index in [-0.39, 0.29) is 0 Å². The lowest BCUT2D eigenvalue weighted by molar-refractivity contribution is -0.318. The van der Waals surface area contributed by atoms with Crippen molar-refractivity contribution in [2.24, 2.45) is 0 Å². The number of amides is 4. The summed E-state index contributed by atoms with van der Waals surface area (Å²) in [6.07, 6.45) is -17.2. The molecule has 3 aromatic carbocycles. The molecule has 3 aliphatic rings. The number of fused-ring (bicyclic) bond motifs is 3. The molecule has 4 N–H and O–H groups in total. The van der Waals surface area contributed by atoms with Gasteiger partial charge in [-0.05, 0) is 22.3 Å². The quantitative estimate of drug-likeness (QED) is 0.0335. The molecule has 0 saturated carbocycles. The molecular weight excluding hydrogens is 1080 g/mol. The number of hydrogen-bond donors (Lipinski definition) is 4. The van der Waals surface area contributed by atoms with Crippen LogP contribution in [0, 0.1) is 29.1 Å². The van der Waals surface area contributed by atoms with Crippen LogP contribution in [0.4, 0.5) is 26.7 Å². The van der Waals surface area contributed by atoms with Crippen LogP contribution >= 0.6 is 0 Å². The minimum Gasteiger partial charge on any atom is -0.463 e. The first-order valence-electron chi connectivity index (χ1n) is 24.2. The second-order valence-electron chi connectivity index (χ2n) is 18.1. The van der Waals surface area contributed by atoms with E-state index in [4.69, 9.17) is 42.6 Å². The zero-order valence-corrected chi connectivity index (χ0v) is 43.4. The summed E-state index contributed by atoms with van der Waals surface area (Å²) in [7, 11) is 0. The second kappa shape index (κ2) is 26.6. The highest BCUT2D eigenvalue weighted by Crippen LogP contribution is 2.44. The fourth-order valence-corrected chi connectivity index (χ4v) is 9.07. The molecule has 0 aromatic heterocycles. The van der Waals surface area contributed by atoms with Crippen molar-refractivity contribution in [2.75, 3.05) is 19.8 Å². The summed E-state index contributed by atoms with van der Waals surface area (Å²) in [5.41, 5.74) is 3.09. The number of carbonyl (C=O) groups excluding carboxylic acids is 10. The third-order valence-electron chi connectivity index (χ3n) is 12.2. The molecule has 2 heterocycles. The summed E-state index contributed by atoms with van der Waals surface area (Å²) in [4.78, 5) is 130. The third kappa shape index (κ3) is 14.9. The smallest absolute Gasteiger partial charge is 0.407 e. The van der Waals surface area contributed by atoms with Crippen molar-refractivity contribution in [1.82, 2.24) is 21.3 Å². The van der Waals surface area contributed by atoms with Gasteiger partial charge in [0.15, 0.2) is 30.8 Å². The Labute approximate surface area is 450 Å². The number of halogens is 5. The third-order valence-corrected chi connectivity index (χ3v) is 12.2. The molecule has 0 spiro atoms. The fraction of sp³-hybridized carbons (Fsp3) is 0.451. The van der Waals surface area contributed by atoms with Crippen LogP contribution in [-0.4, -0.2) is 147 Å². The van der Waals surface area contributed by atoms with Gasteiger partial charge in [-0.1, -0.05) is 48.5 Å². The molecule has 2 fully saturated rings. The van der Waals surface area contributed by atoms with E-state index < -0.39 is 194 Å². The minimum absolute atomic E-state index is 0.411. The summed E-state index contributed by atoms with van der Waals surface area (Å²) in [6.45, 7) is 4.83. The Morgan fingerprint density at radius 2 is 0.988 bits per heavy atom. The highest BCUT2D eigenvalue weighted by atomic mass is 19.2. The number of carbonyl (C=O) groups is 10. The lowest BCUT2D eigenvalue weighted by Gasteiger charge is -2.49. The molecule has 2 saturated heterocycles. The van der Waals surface area contributed by atoms with E-state index in [2.05, 4.69) is 20.7 Å². The summed E-state index contributed by atoms with van der Waals surface area (Å²) in [5, 5.41) is 9.17. The predicted octanol–water partition coefficient (Wildman–Crippen LogP) is 2.47. The molecule has 80 heavy (non-hydrogen) atoms. The molecule has 0 radical (unpaired) electrons. The van der Waals surface area contributed by atoms with E-state index in [0.29, 0.717) is 0 Å². The minimum atomic E-state index is -2.61. The standard InChI is InChI=1S/C51H53F5N4O20/c1-20(61)57-41-46(75-25(6)66)44(80-50-42(58-21(2)62)47(76-26(7)67)43(74-24(5)65)34(78-50)19-72-23(4)64)33(18-71-22(3)63)77-48(41)60-35(68)16-32(49(69)79-45-39(55)37(53)36(52)38(54)40(45)56)59-51(70)73-17-31-29-14-10-8-12-27(29)28-13-9-11-15-30(28)31/h8-15,31-34,41-44,46-48,50H,16-19H2,1-7H3,(H,57,61)(H,58,62)(H,59,70)(H,60,68)/t32-,33+,34+,41+,42+,43+,44+,46+,47+,48+,50-/m0/s1. The summed E-state index contributed by atoms with van der Waals surface area (Å²) in [6, 6.07) is 8.31. The predicted molar refractivity (Wildman–Crippen MR) is 254 cm³/mol. The molecule has 0 bridgehead atoms. The lowest BCUT2D eigenvalue weighted by Crippen LogP contribution is -2.72. The van der Waals surface area contributed by atoms with Crippen molar-refractivity contribution in [3.63, 3.8) is 0 Å². The molecule has 24 nitrogen and oxygen atoms in total. The molecule has 2 aliphatic heterocycles. The van der Waals surface area contributed by atoms with Crippen molar-refractivity contribution in [3.8, 4) is 16.9 Å². The normalized spacial score (nSPS) is 23.3. The van der Waals surface area contributed by atoms with Gasteiger partial charge in [-0.2, -0.15) is 8.78 Å². The molecule has 0 unspecified atom stereocenters. The van der Waals surface area contributed by atoms with Gasteiger partial charge in [0.05, 0.1) is 6.42 Å². The summed E-state index contributed by atoms with van der Waals surface area (Å²) < 4.78 is 128. The average Bonchev–Trinajstić information content (AvgIpc) is 3.92. The van der Waals surface area contributed by atoms with E-state index >= 15 is 0 Å². The SMILES string of the molecule is CC(=O)N[C@@H]1[C@@H](OC(C)=O)[C@H](O[C@@H]2O[C@H](COC(C)=O)[C@@H](OC(C)=O)[C@H](OC(C)=O)[C@H]2NC(C)=O)[C@@H](COC(C)=O)O[C@H]1NC(=O)C[C@H](NC(=O)OCC1c2ccccc2-c2ccccc21)C(=O)Oc1c(F)c(F)c(F)c(F)c1F. The maximum absolute atomic E-state index is 14.9. The van der Waals surface area contributed by atoms with Crippen molar-refractivity contribution in [1.29, 1.82) is 0 Å². The molecule has 4 amide bonds. The molecule has 3 aromatic rings.